The molecule has 0 aliphatic carbocycles. The molecular weight excluding hydrogens is 526 g/mol. The Hall–Kier alpha value is -3.63. The van der Waals surface area contributed by atoms with Gasteiger partial charge in [-0.3, -0.25) is 9.88 Å². The number of pyridine rings is 1. The molecular formula is C31H32F2N6O2. The number of fused-ring (bicyclic) bond motifs is 5. The molecule has 8 nitrogen and oxygen atoms in total. The summed E-state index contributed by atoms with van der Waals surface area (Å²) in [6.45, 7) is 3.26. The number of aromatic nitrogens is 3. The van der Waals surface area contributed by atoms with Crippen LogP contribution in [0.5, 0.6) is 11.8 Å². The number of hydrogen-bond donors (Lipinski definition) is 2. The summed E-state index contributed by atoms with van der Waals surface area (Å²) in [5.41, 5.74) is 0.677. The van der Waals surface area contributed by atoms with Crippen LogP contribution in [0.3, 0.4) is 0 Å². The lowest BCUT2D eigenvalue weighted by molar-refractivity contribution is 0.107. The summed E-state index contributed by atoms with van der Waals surface area (Å²) >= 11 is 0. The SMILES string of the molecule is Oc1cc(-c2ccc3c(N4C5CCC4CNC5)nc(OC[C@@]45CCCN4C[C@H](F)C5)nc3c2F)c2cnccc2c1. The lowest BCUT2D eigenvalue weighted by Gasteiger charge is -2.37. The van der Waals surface area contributed by atoms with E-state index >= 15 is 4.39 Å². The highest BCUT2D eigenvalue weighted by Crippen LogP contribution is 2.43. The van der Waals surface area contributed by atoms with E-state index in [-0.39, 0.29) is 41.5 Å². The summed E-state index contributed by atoms with van der Waals surface area (Å²) in [6.07, 6.45) is 6.85. The lowest BCUT2D eigenvalue weighted by atomic mass is 9.95. The van der Waals surface area contributed by atoms with E-state index in [9.17, 15) is 9.50 Å². The zero-order valence-corrected chi connectivity index (χ0v) is 22.7. The van der Waals surface area contributed by atoms with Crippen molar-refractivity contribution in [3.05, 3.63) is 48.5 Å². The zero-order chi connectivity index (χ0) is 27.7. The van der Waals surface area contributed by atoms with Gasteiger partial charge in [-0.1, -0.05) is 6.07 Å². The van der Waals surface area contributed by atoms with Gasteiger partial charge in [0.15, 0.2) is 5.82 Å². The number of phenols is 1. The minimum atomic E-state index is -0.866. The molecule has 8 rings (SSSR count). The highest BCUT2D eigenvalue weighted by Gasteiger charge is 2.49. The second-order valence-electron chi connectivity index (χ2n) is 12.1. The number of benzene rings is 2. The van der Waals surface area contributed by atoms with Crippen molar-refractivity contribution in [1.29, 1.82) is 0 Å². The van der Waals surface area contributed by atoms with Crippen molar-refractivity contribution in [3.8, 4) is 22.9 Å². The van der Waals surface area contributed by atoms with Crippen molar-refractivity contribution in [1.82, 2.24) is 25.2 Å². The third kappa shape index (κ3) is 4.02. The molecule has 0 radical (unpaired) electrons. The zero-order valence-electron chi connectivity index (χ0n) is 22.7. The van der Waals surface area contributed by atoms with Gasteiger partial charge in [0.1, 0.15) is 29.9 Å². The number of hydrogen-bond acceptors (Lipinski definition) is 8. The average Bonchev–Trinajstić information content (AvgIpc) is 3.58. The Bertz CT molecular complexity index is 1650. The number of rotatable bonds is 5. The molecule has 0 spiro atoms. The topological polar surface area (TPSA) is 86.6 Å². The van der Waals surface area contributed by atoms with E-state index in [0.717, 1.165) is 56.1 Å². The van der Waals surface area contributed by atoms with Gasteiger partial charge in [-0.2, -0.15) is 9.97 Å². The Labute approximate surface area is 236 Å². The molecule has 212 valence electrons. The molecule has 2 aromatic heterocycles. The van der Waals surface area contributed by atoms with E-state index in [0.29, 0.717) is 35.3 Å². The predicted molar refractivity (Wildman–Crippen MR) is 153 cm³/mol. The lowest BCUT2D eigenvalue weighted by Crippen LogP contribution is -2.52. The van der Waals surface area contributed by atoms with E-state index < -0.39 is 12.0 Å². The van der Waals surface area contributed by atoms with Crippen LogP contribution in [0, 0.1) is 5.82 Å². The molecule has 4 saturated heterocycles. The van der Waals surface area contributed by atoms with Crippen LogP contribution in [-0.4, -0.2) is 81.5 Å². The van der Waals surface area contributed by atoms with Crippen LogP contribution in [0.4, 0.5) is 14.6 Å². The van der Waals surface area contributed by atoms with Gasteiger partial charge in [-0.15, -0.1) is 0 Å². The number of phenolic OH excluding ortho intramolecular Hbond substituents is 1. The minimum Gasteiger partial charge on any atom is -0.508 e. The number of anilines is 1. The predicted octanol–water partition coefficient (Wildman–Crippen LogP) is 4.59. The van der Waals surface area contributed by atoms with Gasteiger partial charge < -0.3 is 20.1 Å². The van der Waals surface area contributed by atoms with Crippen molar-refractivity contribution >= 4 is 27.5 Å². The van der Waals surface area contributed by atoms with Crippen LogP contribution in [-0.2, 0) is 0 Å². The summed E-state index contributed by atoms with van der Waals surface area (Å²) in [5, 5.41) is 16.1. The van der Waals surface area contributed by atoms with Crippen molar-refractivity contribution in [3.63, 3.8) is 0 Å². The van der Waals surface area contributed by atoms with Crippen LogP contribution in [0.25, 0.3) is 32.8 Å². The molecule has 2 unspecified atom stereocenters. The fourth-order valence-electron chi connectivity index (χ4n) is 7.77. The van der Waals surface area contributed by atoms with E-state index in [2.05, 4.69) is 25.1 Å². The highest BCUT2D eigenvalue weighted by atomic mass is 19.1. The first-order valence-electron chi connectivity index (χ1n) is 14.6. The smallest absolute Gasteiger partial charge is 0.319 e. The van der Waals surface area contributed by atoms with Crippen molar-refractivity contribution in [2.45, 2.75) is 55.9 Å². The second kappa shape index (κ2) is 9.46. The number of alkyl halides is 1. The highest BCUT2D eigenvalue weighted by molar-refractivity contribution is 6.01. The first-order chi connectivity index (χ1) is 20.0. The average molecular weight is 559 g/mol. The molecule has 41 heavy (non-hydrogen) atoms. The maximum Gasteiger partial charge on any atom is 0.319 e. The third-order valence-electron chi connectivity index (χ3n) is 9.65. The van der Waals surface area contributed by atoms with Crippen molar-refractivity contribution in [2.75, 3.05) is 37.7 Å². The number of aromatic hydroxyl groups is 1. The Morgan fingerprint density at radius 3 is 2.78 bits per heavy atom. The second-order valence-corrected chi connectivity index (χ2v) is 12.1. The van der Waals surface area contributed by atoms with E-state index in [1.165, 1.54) is 0 Å². The Morgan fingerprint density at radius 2 is 1.93 bits per heavy atom. The van der Waals surface area contributed by atoms with Gasteiger partial charge in [0.25, 0.3) is 0 Å². The van der Waals surface area contributed by atoms with Gasteiger partial charge >= 0.3 is 6.01 Å². The van der Waals surface area contributed by atoms with Crippen LogP contribution >= 0.6 is 0 Å². The van der Waals surface area contributed by atoms with Crippen LogP contribution < -0.4 is 15.0 Å². The normalized spacial score (nSPS) is 27.7. The molecule has 4 aliphatic rings. The Kier molecular flexibility index (Phi) is 5.79. The number of nitrogens with zero attached hydrogens (tertiary/aromatic N) is 5. The quantitative estimate of drug-likeness (QED) is 0.368. The molecule has 0 amide bonds. The molecule has 6 heterocycles. The summed E-state index contributed by atoms with van der Waals surface area (Å²) < 4.78 is 37.3. The van der Waals surface area contributed by atoms with E-state index in [1.54, 1.807) is 36.7 Å². The van der Waals surface area contributed by atoms with Gasteiger partial charge in [-0.05, 0) is 67.4 Å². The third-order valence-corrected chi connectivity index (χ3v) is 9.65. The number of nitrogens with one attached hydrogen (secondary N) is 1. The maximum absolute atomic E-state index is 16.6. The fourth-order valence-corrected chi connectivity index (χ4v) is 7.77. The number of halogens is 2. The standard InChI is InChI=1S/C31H32F2N6O2/c32-19-12-31(7-1-9-38(31)16-19)17-41-30-36-28-24(29(37-30)39-20-2-3-21(39)14-35-13-20)5-4-23(27(28)33)25-11-22(40)10-18-6-8-34-15-26(18)25/h4-6,8,10-11,15,19-21,35,40H,1-3,7,9,12-14,16-17H2/t19-,20?,21?,31+/m1/s1. The Morgan fingerprint density at radius 1 is 1.07 bits per heavy atom. The van der Waals surface area contributed by atoms with Gasteiger partial charge in [-0.25, -0.2) is 8.78 Å². The monoisotopic (exact) mass is 558 g/mol. The molecule has 4 fully saturated rings. The summed E-state index contributed by atoms with van der Waals surface area (Å²) in [6, 6.07) is 9.25. The number of piperazine rings is 1. The van der Waals surface area contributed by atoms with Gasteiger partial charge in [0, 0.05) is 66.9 Å². The van der Waals surface area contributed by atoms with Crippen LogP contribution in [0.1, 0.15) is 32.1 Å². The largest absolute Gasteiger partial charge is 0.508 e. The van der Waals surface area contributed by atoms with Gasteiger partial charge in [0.2, 0.25) is 0 Å². The maximum atomic E-state index is 16.6. The molecule has 4 aromatic rings. The van der Waals surface area contributed by atoms with Crippen LogP contribution in [0.2, 0.25) is 0 Å². The molecule has 4 atom stereocenters. The summed E-state index contributed by atoms with van der Waals surface area (Å²) in [4.78, 5) is 18.3. The van der Waals surface area contributed by atoms with E-state index in [4.69, 9.17) is 9.72 Å². The fraction of sp³-hybridized carbons (Fsp3) is 0.452. The molecule has 10 heteroatoms. The molecule has 0 saturated carbocycles. The molecule has 2 aromatic carbocycles. The molecule has 2 bridgehead atoms. The molecule has 4 aliphatic heterocycles. The minimum absolute atomic E-state index is 0.0473. The van der Waals surface area contributed by atoms with Crippen molar-refractivity contribution in [2.24, 2.45) is 0 Å². The number of ether oxygens (including phenoxy) is 1. The summed E-state index contributed by atoms with van der Waals surface area (Å²) in [5.74, 6) is 0.230. The van der Waals surface area contributed by atoms with Crippen LogP contribution in [0.15, 0.2) is 42.7 Å². The van der Waals surface area contributed by atoms with Crippen molar-refractivity contribution < 1.29 is 18.6 Å². The Balaban J connectivity index is 1.26. The first-order valence-corrected chi connectivity index (χ1v) is 14.6. The van der Waals surface area contributed by atoms with E-state index in [1.807, 2.05) is 6.07 Å². The first kappa shape index (κ1) is 25.1. The van der Waals surface area contributed by atoms with Gasteiger partial charge in [0.05, 0.1) is 5.54 Å². The molecule has 2 N–H and O–H groups in total. The summed E-state index contributed by atoms with van der Waals surface area (Å²) in [7, 11) is 0.